The van der Waals surface area contributed by atoms with Crippen molar-refractivity contribution in [1.82, 2.24) is 4.57 Å². The Morgan fingerprint density at radius 2 is 1.96 bits per heavy atom. The second-order valence-corrected chi connectivity index (χ2v) is 6.08. The maximum Gasteiger partial charge on any atom is 0.262 e. The first-order chi connectivity index (χ1) is 12.3. The minimum Gasteiger partial charge on any atom is -0.482 e. The van der Waals surface area contributed by atoms with Crippen LogP contribution in [0.15, 0.2) is 67.0 Å². The molecule has 0 fully saturated rings. The smallest absolute Gasteiger partial charge is 0.262 e. The van der Waals surface area contributed by atoms with Gasteiger partial charge in [0.05, 0.1) is 5.69 Å². The number of aromatic nitrogens is 1. The van der Waals surface area contributed by atoms with E-state index >= 15 is 0 Å². The highest BCUT2D eigenvalue weighted by Crippen LogP contribution is 2.30. The monoisotopic (exact) mass is 333 g/mol. The molecule has 2 aromatic carbocycles. The van der Waals surface area contributed by atoms with E-state index in [1.807, 2.05) is 24.3 Å². The van der Waals surface area contributed by atoms with Crippen molar-refractivity contribution in [1.29, 1.82) is 0 Å². The molecule has 2 heterocycles. The maximum atomic E-state index is 11.3. The fraction of sp³-hybridized carbons (Fsp3) is 0.150. The molecular formula is C20H19N3O2. The first-order valence-corrected chi connectivity index (χ1v) is 8.25. The van der Waals surface area contributed by atoms with Gasteiger partial charge < -0.3 is 19.9 Å². The van der Waals surface area contributed by atoms with Crippen LogP contribution in [-0.4, -0.2) is 17.1 Å². The topological polar surface area (TPSA) is 55.3 Å². The van der Waals surface area contributed by atoms with Gasteiger partial charge in [0, 0.05) is 37.2 Å². The molecule has 1 aromatic heterocycles. The molecule has 0 unspecified atom stereocenters. The highest BCUT2D eigenvalue weighted by atomic mass is 16.5. The lowest BCUT2D eigenvalue weighted by atomic mass is 10.2. The molecule has 4 rings (SSSR count). The number of fused-ring (bicyclic) bond motifs is 1. The summed E-state index contributed by atoms with van der Waals surface area (Å²) in [5.74, 6) is 0.583. The van der Waals surface area contributed by atoms with Crippen molar-refractivity contribution in [2.45, 2.75) is 13.1 Å². The summed E-state index contributed by atoms with van der Waals surface area (Å²) >= 11 is 0. The van der Waals surface area contributed by atoms with Crippen LogP contribution >= 0.6 is 0 Å². The minimum atomic E-state index is -0.118. The predicted molar refractivity (Wildman–Crippen MR) is 97.9 cm³/mol. The van der Waals surface area contributed by atoms with Gasteiger partial charge >= 0.3 is 0 Å². The van der Waals surface area contributed by atoms with Crippen molar-refractivity contribution >= 4 is 17.3 Å². The molecule has 0 atom stereocenters. The van der Waals surface area contributed by atoms with Crippen molar-refractivity contribution in [3.05, 3.63) is 78.1 Å². The number of rotatable bonds is 5. The number of anilines is 2. The van der Waals surface area contributed by atoms with Crippen LogP contribution in [0.3, 0.4) is 0 Å². The summed E-state index contributed by atoms with van der Waals surface area (Å²) in [5, 5.41) is 6.19. The standard InChI is InChI=1S/C20H19N3O2/c24-20-14-25-19-10-17(6-7-18(19)22-20)21-11-16-8-9-23(13-16)12-15-4-2-1-3-5-15/h1-10,13,21H,11-12,14H2,(H,22,24). The average molecular weight is 333 g/mol. The first kappa shape index (κ1) is 15.3. The van der Waals surface area contributed by atoms with Crippen LogP contribution in [0.25, 0.3) is 0 Å². The van der Waals surface area contributed by atoms with Crippen molar-refractivity contribution in [3.63, 3.8) is 0 Å². The summed E-state index contributed by atoms with van der Waals surface area (Å²) in [7, 11) is 0. The van der Waals surface area contributed by atoms with Gasteiger partial charge in [-0.25, -0.2) is 0 Å². The van der Waals surface area contributed by atoms with E-state index in [1.54, 1.807) is 0 Å². The van der Waals surface area contributed by atoms with Crippen LogP contribution in [-0.2, 0) is 17.9 Å². The molecule has 0 bridgehead atoms. The fourth-order valence-electron chi connectivity index (χ4n) is 2.88. The van der Waals surface area contributed by atoms with E-state index < -0.39 is 0 Å². The van der Waals surface area contributed by atoms with Gasteiger partial charge in [-0.2, -0.15) is 0 Å². The molecule has 5 nitrogen and oxygen atoms in total. The highest BCUT2D eigenvalue weighted by Gasteiger charge is 2.15. The summed E-state index contributed by atoms with van der Waals surface area (Å²) in [4.78, 5) is 11.3. The number of hydrogen-bond donors (Lipinski definition) is 2. The van der Waals surface area contributed by atoms with Crippen molar-refractivity contribution in [3.8, 4) is 5.75 Å². The molecule has 0 spiro atoms. The quantitative estimate of drug-likeness (QED) is 0.751. The normalized spacial score (nSPS) is 12.9. The van der Waals surface area contributed by atoms with Crippen LogP contribution in [0.5, 0.6) is 5.75 Å². The predicted octanol–water partition coefficient (Wildman–Crippen LogP) is 3.48. The zero-order valence-electron chi connectivity index (χ0n) is 13.7. The van der Waals surface area contributed by atoms with Gasteiger partial charge in [-0.1, -0.05) is 30.3 Å². The van der Waals surface area contributed by atoms with E-state index in [0.29, 0.717) is 5.75 Å². The molecule has 3 aromatic rings. The van der Waals surface area contributed by atoms with Crippen molar-refractivity contribution < 1.29 is 9.53 Å². The van der Waals surface area contributed by atoms with Gasteiger partial charge in [0.25, 0.3) is 5.91 Å². The van der Waals surface area contributed by atoms with Gasteiger partial charge in [-0.05, 0) is 29.3 Å². The van der Waals surface area contributed by atoms with E-state index in [0.717, 1.165) is 24.5 Å². The largest absolute Gasteiger partial charge is 0.482 e. The summed E-state index contributed by atoms with van der Waals surface area (Å²) in [6.45, 7) is 1.67. The van der Waals surface area contributed by atoms with E-state index in [9.17, 15) is 4.79 Å². The third-order valence-corrected chi connectivity index (χ3v) is 4.13. The number of carbonyl (C=O) groups is 1. The molecule has 0 saturated carbocycles. The maximum absolute atomic E-state index is 11.3. The Labute approximate surface area is 146 Å². The summed E-state index contributed by atoms with van der Waals surface area (Å²) in [6.07, 6.45) is 4.24. The number of hydrogen-bond acceptors (Lipinski definition) is 3. The lowest BCUT2D eigenvalue weighted by molar-refractivity contribution is -0.118. The molecule has 1 amide bonds. The van der Waals surface area contributed by atoms with Crippen LogP contribution in [0.4, 0.5) is 11.4 Å². The molecular weight excluding hydrogens is 314 g/mol. The Morgan fingerprint density at radius 1 is 1.08 bits per heavy atom. The molecule has 126 valence electrons. The van der Waals surface area contributed by atoms with E-state index in [2.05, 4.69) is 57.9 Å². The van der Waals surface area contributed by atoms with E-state index in [-0.39, 0.29) is 12.5 Å². The second kappa shape index (κ2) is 6.73. The number of ether oxygens (including phenoxy) is 1. The second-order valence-electron chi connectivity index (χ2n) is 6.08. The first-order valence-electron chi connectivity index (χ1n) is 8.25. The summed E-state index contributed by atoms with van der Waals surface area (Å²) < 4.78 is 7.62. The molecule has 1 aliphatic heterocycles. The van der Waals surface area contributed by atoms with Gasteiger partial charge in [0.2, 0.25) is 0 Å². The number of carbonyl (C=O) groups excluding carboxylic acids is 1. The van der Waals surface area contributed by atoms with Gasteiger partial charge in [-0.3, -0.25) is 4.79 Å². The number of amides is 1. The molecule has 2 N–H and O–H groups in total. The number of nitrogens with one attached hydrogen (secondary N) is 2. The van der Waals surface area contributed by atoms with Gasteiger partial charge in [0.15, 0.2) is 6.61 Å². The SMILES string of the molecule is O=C1COc2cc(NCc3ccn(Cc4ccccc4)c3)ccc2N1. The zero-order valence-corrected chi connectivity index (χ0v) is 13.7. The Kier molecular flexibility index (Phi) is 4.12. The average Bonchev–Trinajstić information content (AvgIpc) is 3.08. The van der Waals surface area contributed by atoms with E-state index in [4.69, 9.17) is 4.74 Å². The van der Waals surface area contributed by atoms with Gasteiger partial charge in [0.1, 0.15) is 5.75 Å². The minimum absolute atomic E-state index is 0.0682. The fourth-order valence-corrected chi connectivity index (χ4v) is 2.88. The molecule has 25 heavy (non-hydrogen) atoms. The number of benzene rings is 2. The molecule has 0 radical (unpaired) electrons. The lowest BCUT2D eigenvalue weighted by Crippen LogP contribution is -2.25. The Hall–Kier alpha value is -3.21. The molecule has 0 saturated heterocycles. The van der Waals surface area contributed by atoms with Crippen molar-refractivity contribution in [2.75, 3.05) is 17.2 Å². The molecule has 1 aliphatic rings. The third kappa shape index (κ3) is 3.66. The molecule has 0 aliphatic carbocycles. The molecule has 5 heteroatoms. The summed E-state index contributed by atoms with van der Waals surface area (Å²) in [6, 6.07) is 18.2. The third-order valence-electron chi connectivity index (χ3n) is 4.13. The number of nitrogens with zero attached hydrogens (tertiary/aromatic N) is 1. The van der Waals surface area contributed by atoms with Crippen LogP contribution in [0.2, 0.25) is 0 Å². The Morgan fingerprint density at radius 3 is 2.84 bits per heavy atom. The van der Waals surface area contributed by atoms with Gasteiger partial charge in [-0.15, -0.1) is 0 Å². The van der Waals surface area contributed by atoms with Crippen LogP contribution in [0, 0.1) is 0 Å². The zero-order chi connectivity index (χ0) is 17.1. The highest BCUT2D eigenvalue weighted by molar-refractivity contribution is 5.95. The lowest BCUT2D eigenvalue weighted by Gasteiger charge is -2.18. The van der Waals surface area contributed by atoms with Crippen molar-refractivity contribution in [2.24, 2.45) is 0 Å². The van der Waals surface area contributed by atoms with Crippen LogP contribution < -0.4 is 15.4 Å². The van der Waals surface area contributed by atoms with Crippen LogP contribution in [0.1, 0.15) is 11.1 Å². The Bertz CT molecular complexity index is 887. The summed E-state index contributed by atoms with van der Waals surface area (Å²) in [5.41, 5.74) is 4.18. The van der Waals surface area contributed by atoms with E-state index in [1.165, 1.54) is 11.1 Å². The Balaban J connectivity index is 1.38.